The second-order valence-electron chi connectivity index (χ2n) is 14.6. The van der Waals surface area contributed by atoms with Crippen LogP contribution in [0.25, 0.3) is 11.3 Å². The number of pyridine rings is 2. The third kappa shape index (κ3) is 12.2. The molecule has 65 heavy (non-hydrogen) atoms. The van der Waals surface area contributed by atoms with E-state index in [1.165, 1.54) is 8.80 Å². The number of carboxylic acids is 1. The van der Waals surface area contributed by atoms with E-state index in [0.717, 1.165) is 22.3 Å². The van der Waals surface area contributed by atoms with Crippen molar-refractivity contribution >= 4 is 34.6 Å². The quantitative estimate of drug-likeness (QED) is 0.102. The number of Topliss-reactive ketones (excluding diaryl/α,β-unsaturated/α-hetero) is 3. The minimum atomic E-state index is -1.30. The number of carbonyl (C=O) groups excluding carboxylic acids is 3. The highest BCUT2D eigenvalue weighted by atomic mass is 16.5. The Balaban J connectivity index is 0.000000184. The number of ether oxygens (including phenoxy) is 2. The van der Waals surface area contributed by atoms with Crippen LogP contribution in [0.3, 0.4) is 0 Å². The van der Waals surface area contributed by atoms with Gasteiger partial charge < -0.3 is 20.3 Å². The van der Waals surface area contributed by atoms with Gasteiger partial charge in [0.1, 0.15) is 24.5 Å². The fourth-order valence-corrected chi connectivity index (χ4v) is 6.37. The molecular formula is C51H45N5O9. The molecule has 3 N–H and O–H groups in total. The van der Waals surface area contributed by atoms with Gasteiger partial charge in [-0.3, -0.25) is 32.8 Å². The zero-order valence-corrected chi connectivity index (χ0v) is 35.6. The largest absolute Gasteiger partial charge is 0.481 e. The zero-order valence-electron chi connectivity index (χ0n) is 35.6. The van der Waals surface area contributed by atoms with Gasteiger partial charge in [-0.15, -0.1) is 0 Å². The molecule has 8 aromatic rings. The molecule has 0 atom stereocenters. The SMILES string of the molecule is Cc1ccc2nc(C(=O)CCC(=O)c3ccccc3)c(OCc3ccccc3)c(=O)n2c1.Cc1ccc2nc(C(=O)O)c(OCc3ccccc3)c(=O)n2c1.NCC(=O)c1ccccc1. The number of benzene rings is 4. The molecule has 0 aliphatic rings. The summed E-state index contributed by atoms with van der Waals surface area (Å²) < 4.78 is 14.0. The third-order valence-corrected chi connectivity index (χ3v) is 9.73. The number of carbonyl (C=O) groups is 4. The molecule has 0 aliphatic heterocycles. The molecule has 328 valence electrons. The first-order valence-electron chi connectivity index (χ1n) is 20.5. The van der Waals surface area contributed by atoms with Crippen LogP contribution in [0.2, 0.25) is 0 Å². The van der Waals surface area contributed by atoms with E-state index in [1.807, 2.05) is 105 Å². The number of fused-ring (bicyclic) bond motifs is 2. The molecule has 0 bridgehead atoms. The summed E-state index contributed by atoms with van der Waals surface area (Å²) in [5.41, 5.74) is 9.02. The number of aromatic nitrogens is 4. The Kier molecular flexibility index (Phi) is 15.7. The molecule has 0 unspecified atom stereocenters. The second-order valence-corrected chi connectivity index (χ2v) is 14.6. The van der Waals surface area contributed by atoms with E-state index in [1.54, 1.807) is 67.0 Å². The number of rotatable bonds is 14. The van der Waals surface area contributed by atoms with Gasteiger partial charge in [-0.05, 0) is 48.2 Å². The molecule has 8 rings (SSSR count). The average molecular weight is 872 g/mol. The Morgan fingerprint density at radius 2 is 0.908 bits per heavy atom. The minimum absolute atomic E-state index is 0.0133. The third-order valence-electron chi connectivity index (χ3n) is 9.73. The van der Waals surface area contributed by atoms with Crippen LogP contribution >= 0.6 is 0 Å². The maximum absolute atomic E-state index is 13.2. The number of hydrogen-bond acceptors (Lipinski definition) is 11. The van der Waals surface area contributed by atoms with Crippen LogP contribution in [-0.4, -0.2) is 53.7 Å². The molecule has 0 radical (unpaired) electrons. The topological polar surface area (TPSA) is 202 Å². The fraction of sp³-hybridized carbons (Fsp3) is 0.137. The van der Waals surface area contributed by atoms with Crippen LogP contribution in [0.4, 0.5) is 0 Å². The predicted molar refractivity (Wildman–Crippen MR) is 245 cm³/mol. The van der Waals surface area contributed by atoms with Crippen molar-refractivity contribution in [3.8, 4) is 11.5 Å². The molecule has 14 nitrogen and oxygen atoms in total. The van der Waals surface area contributed by atoms with Crippen LogP contribution in [0.1, 0.15) is 76.8 Å². The molecule has 0 amide bonds. The lowest BCUT2D eigenvalue weighted by molar-refractivity contribution is 0.0683. The minimum Gasteiger partial charge on any atom is -0.481 e. The van der Waals surface area contributed by atoms with Gasteiger partial charge in [0.15, 0.2) is 28.7 Å². The first kappa shape index (κ1) is 46.2. The summed E-state index contributed by atoms with van der Waals surface area (Å²) in [6.45, 7) is 4.00. The Morgan fingerprint density at radius 3 is 1.34 bits per heavy atom. The Morgan fingerprint density at radius 1 is 0.523 bits per heavy atom. The molecule has 4 aromatic carbocycles. The summed E-state index contributed by atoms with van der Waals surface area (Å²) >= 11 is 0. The van der Waals surface area contributed by atoms with Gasteiger partial charge in [0.2, 0.25) is 11.5 Å². The van der Waals surface area contributed by atoms with Crippen LogP contribution in [-0.2, 0) is 13.2 Å². The van der Waals surface area contributed by atoms with Crippen LogP contribution in [0, 0.1) is 13.8 Å². The van der Waals surface area contributed by atoms with Crippen molar-refractivity contribution in [1.29, 1.82) is 0 Å². The van der Waals surface area contributed by atoms with Crippen molar-refractivity contribution < 1.29 is 33.8 Å². The number of hydrogen-bond donors (Lipinski definition) is 2. The van der Waals surface area contributed by atoms with Gasteiger partial charge in [0, 0.05) is 36.4 Å². The van der Waals surface area contributed by atoms with Crippen LogP contribution in [0.15, 0.2) is 168 Å². The summed E-state index contributed by atoms with van der Waals surface area (Å²) in [5.74, 6) is -2.22. The van der Waals surface area contributed by atoms with E-state index in [-0.39, 0.29) is 72.7 Å². The maximum Gasteiger partial charge on any atom is 0.358 e. The van der Waals surface area contributed by atoms with Gasteiger partial charge in [-0.1, -0.05) is 133 Å². The predicted octanol–water partition coefficient (Wildman–Crippen LogP) is 7.54. The van der Waals surface area contributed by atoms with E-state index in [0.29, 0.717) is 16.8 Å². The summed E-state index contributed by atoms with van der Waals surface area (Å²) in [6, 6.07) is 43.3. The monoisotopic (exact) mass is 871 g/mol. The molecule has 0 saturated carbocycles. The van der Waals surface area contributed by atoms with Crippen molar-refractivity contribution in [2.24, 2.45) is 5.73 Å². The van der Waals surface area contributed by atoms with E-state index in [9.17, 15) is 33.9 Å². The Bertz CT molecular complexity index is 3070. The first-order chi connectivity index (χ1) is 31.4. The van der Waals surface area contributed by atoms with Crippen molar-refractivity contribution in [2.45, 2.75) is 39.9 Å². The van der Waals surface area contributed by atoms with Gasteiger partial charge in [0.05, 0.1) is 6.54 Å². The molecule has 14 heteroatoms. The molecule has 0 spiro atoms. The molecule has 0 fully saturated rings. The van der Waals surface area contributed by atoms with Crippen molar-refractivity contribution in [2.75, 3.05) is 6.54 Å². The van der Waals surface area contributed by atoms with Crippen molar-refractivity contribution in [3.05, 3.63) is 223 Å². The number of nitrogens with zero attached hydrogens (tertiary/aromatic N) is 4. The Hall–Kier alpha value is -8.36. The highest BCUT2D eigenvalue weighted by molar-refractivity contribution is 6.02. The lowest BCUT2D eigenvalue weighted by atomic mass is 10.0. The van der Waals surface area contributed by atoms with Crippen molar-refractivity contribution in [1.82, 2.24) is 18.8 Å². The average Bonchev–Trinajstić information content (AvgIpc) is 3.34. The van der Waals surface area contributed by atoms with Gasteiger partial charge >= 0.3 is 17.1 Å². The molecule has 0 saturated heterocycles. The molecule has 0 aliphatic carbocycles. The van der Waals surface area contributed by atoms with E-state index in [2.05, 4.69) is 9.97 Å². The smallest absolute Gasteiger partial charge is 0.358 e. The molecule has 4 heterocycles. The van der Waals surface area contributed by atoms with E-state index >= 15 is 0 Å². The standard InChI is InChI=1S/C26H22N2O4.C17H14N2O4.C8H9NO/c1-18-12-15-23-27-24(22(30)14-13-21(29)20-10-6-3-7-11-20)25(26(31)28(23)16-18)32-17-19-8-4-2-5-9-19;1-11-7-8-13-18-14(17(21)22)15(16(20)19(13)9-11)23-10-12-5-3-2-4-6-12;9-6-8(10)7-4-2-1-3-5-7/h2-12,15-16H,13-14,17H2,1H3;2-9H,10H2,1H3,(H,21,22);1-5H,6,9H2. The van der Waals surface area contributed by atoms with E-state index < -0.39 is 22.9 Å². The number of ketones is 3. The number of aromatic carboxylic acids is 1. The highest BCUT2D eigenvalue weighted by Crippen LogP contribution is 2.19. The fourth-order valence-electron chi connectivity index (χ4n) is 6.37. The highest BCUT2D eigenvalue weighted by Gasteiger charge is 2.23. The van der Waals surface area contributed by atoms with Crippen LogP contribution in [0.5, 0.6) is 11.5 Å². The normalized spacial score (nSPS) is 10.5. The lowest BCUT2D eigenvalue weighted by Gasteiger charge is -2.12. The van der Waals surface area contributed by atoms with Gasteiger partial charge in [0.25, 0.3) is 0 Å². The summed E-state index contributed by atoms with van der Waals surface area (Å²) in [7, 11) is 0. The maximum atomic E-state index is 13.2. The second kappa shape index (κ2) is 22.1. The summed E-state index contributed by atoms with van der Waals surface area (Å²) in [6.07, 6.45) is 3.22. The summed E-state index contributed by atoms with van der Waals surface area (Å²) in [4.78, 5) is 81.9. The number of nitrogens with two attached hydrogens (primary N) is 1. The first-order valence-corrected chi connectivity index (χ1v) is 20.5. The lowest BCUT2D eigenvalue weighted by Crippen LogP contribution is -2.23. The summed E-state index contributed by atoms with van der Waals surface area (Å²) in [5, 5.41) is 9.31. The molecular weight excluding hydrogens is 827 g/mol. The molecule has 4 aromatic heterocycles. The van der Waals surface area contributed by atoms with Gasteiger partial charge in [-0.2, -0.15) is 0 Å². The zero-order chi connectivity index (χ0) is 46.3. The van der Waals surface area contributed by atoms with E-state index in [4.69, 9.17) is 15.2 Å². The van der Waals surface area contributed by atoms with Crippen LogP contribution < -0.4 is 26.3 Å². The number of aryl methyl sites for hydroxylation is 2. The van der Waals surface area contributed by atoms with Gasteiger partial charge in [-0.25, -0.2) is 14.8 Å². The Labute approximate surface area is 373 Å². The number of carboxylic acid groups (broad SMARTS) is 1. The van der Waals surface area contributed by atoms with Crippen molar-refractivity contribution in [3.63, 3.8) is 0 Å².